The van der Waals surface area contributed by atoms with E-state index in [1.807, 2.05) is 36.4 Å². The zero-order chi connectivity index (χ0) is 26.5. The van der Waals surface area contributed by atoms with Crippen LogP contribution >= 0.6 is 11.3 Å². The molecule has 0 saturated heterocycles. The number of thiazole rings is 1. The first-order valence-corrected chi connectivity index (χ1v) is 15.2. The second kappa shape index (κ2) is 12.4. The molecule has 5 nitrogen and oxygen atoms in total. The molecule has 1 saturated carbocycles. The molecule has 2 aliphatic carbocycles. The number of nitrogens with two attached hydrogens (primary N) is 1. The lowest BCUT2D eigenvalue weighted by Crippen LogP contribution is -2.41. The number of nitrogen functional groups attached to an aromatic ring is 1. The molecule has 3 N–H and O–H groups in total. The number of rotatable bonds is 10. The fourth-order valence-corrected chi connectivity index (χ4v) is 7.39. The Kier molecular flexibility index (Phi) is 8.80. The van der Waals surface area contributed by atoms with Gasteiger partial charge in [-0.1, -0.05) is 56.2 Å². The van der Waals surface area contributed by atoms with Crippen molar-refractivity contribution >= 4 is 22.3 Å². The third kappa shape index (κ3) is 6.65. The number of Topliss-reactive ketones (excluding diaryl/α,β-unsaturated/α-hetero) is 1. The average Bonchev–Trinajstić information content (AvgIpc) is 3.31. The van der Waals surface area contributed by atoms with Gasteiger partial charge in [0, 0.05) is 22.9 Å². The van der Waals surface area contributed by atoms with E-state index >= 15 is 0 Å². The highest BCUT2D eigenvalue weighted by atomic mass is 32.1. The summed E-state index contributed by atoms with van der Waals surface area (Å²) >= 11 is 1.68. The van der Waals surface area contributed by atoms with Gasteiger partial charge >= 0.3 is 0 Å². The lowest BCUT2D eigenvalue weighted by Gasteiger charge is -2.36. The van der Waals surface area contributed by atoms with Crippen molar-refractivity contribution in [2.24, 2.45) is 11.8 Å². The average molecular weight is 532 g/mol. The highest BCUT2D eigenvalue weighted by Gasteiger charge is 2.28. The van der Waals surface area contributed by atoms with Crippen molar-refractivity contribution < 1.29 is 9.90 Å². The lowest BCUT2D eigenvalue weighted by molar-refractivity contribution is 0.0937. The Hall–Kier alpha value is -2.70. The number of anilines is 1. The van der Waals surface area contributed by atoms with Gasteiger partial charge in [-0.3, -0.25) is 4.79 Å². The van der Waals surface area contributed by atoms with E-state index in [0.29, 0.717) is 18.4 Å². The van der Waals surface area contributed by atoms with Crippen molar-refractivity contribution in [3.05, 3.63) is 64.7 Å². The van der Waals surface area contributed by atoms with Gasteiger partial charge in [-0.2, -0.15) is 0 Å². The molecule has 0 aliphatic heterocycles. The summed E-state index contributed by atoms with van der Waals surface area (Å²) in [5.74, 6) is 1.79. The van der Waals surface area contributed by atoms with E-state index in [9.17, 15) is 9.90 Å². The molecule has 1 heterocycles. The number of hydrogen-bond donors (Lipinski definition) is 2. The number of aromatic nitrogens is 1. The number of ketones is 1. The van der Waals surface area contributed by atoms with E-state index in [1.165, 1.54) is 68.6 Å². The lowest BCUT2D eigenvalue weighted by atomic mass is 9.78. The van der Waals surface area contributed by atoms with Crippen LogP contribution in [0.1, 0.15) is 79.2 Å². The van der Waals surface area contributed by atoms with Crippen molar-refractivity contribution in [2.45, 2.75) is 77.2 Å². The maximum Gasteiger partial charge on any atom is 0.180 e. The summed E-state index contributed by atoms with van der Waals surface area (Å²) in [7, 11) is 0. The first-order chi connectivity index (χ1) is 18.5. The fourth-order valence-electron chi connectivity index (χ4n) is 6.44. The summed E-state index contributed by atoms with van der Waals surface area (Å²) in [4.78, 5) is 21.6. The van der Waals surface area contributed by atoms with Crippen molar-refractivity contribution in [3.63, 3.8) is 0 Å². The number of aromatic hydroxyl groups is 1. The van der Waals surface area contributed by atoms with Crippen LogP contribution < -0.4 is 5.73 Å². The highest BCUT2D eigenvalue weighted by molar-refractivity contribution is 7.15. The molecule has 6 heteroatoms. The van der Waals surface area contributed by atoms with E-state index in [2.05, 4.69) is 16.8 Å². The predicted molar refractivity (Wildman–Crippen MR) is 157 cm³/mol. The topological polar surface area (TPSA) is 79.5 Å². The molecule has 2 aliphatic rings. The second-order valence-electron chi connectivity index (χ2n) is 11.3. The molecule has 202 valence electrons. The van der Waals surface area contributed by atoms with Gasteiger partial charge < -0.3 is 15.7 Å². The summed E-state index contributed by atoms with van der Waals surface area (Å²) < 4.78 is 0. The van der Waals surface area contributed by atoms with Crippen molar-refractivity contribution in [1.82, 2.24) is 9.88 Å². The standard InChI is InChI=1S/C32H41N3O2S/c1-2-17-35(27-14-15-29-31(21-27)38-32(33)34-29)18-16-22-6-8-23(9-7-22)19-30(37)25-12-10-24(11-13-25)26-4-3-5-28(36)20-26/h3-5,10-13,20,22-23,27,36H,2,6-9,14-19,21H2,1H3,(H2,33,34)/t22?,23?,27-/m0/s1. The van der Waals surface area contributed by atoms with Crippen molar-refractivity contribution in [2.75, 3.05) is 18.8 Å². The number of carbonyl (C=O) groups excluding carboxylic acids is 1. The molecule has 0 bridgehead atoms. The van der Waals surface area contributed by atoms with Gasteiger partial charge in [0.2, 0.25) is 0 Å². The number of fused-ring (bicyclic) bond motifs is 1. The molecule has 38 heavy (non-hydrogen) atoms. The molecule has 0 spiro atoms. The van der Waals surface area contributed by atoms with Crippen LogP contribution in [0.4, 0.5) is 5.13 Å². The minimum absolute atomic E-state index is 0.255. The Morgan fingerprint density at radius 1 is 1.03 bits per heavy atom. The molecule has 5 rings (SSSR count). The second-order valence-corrected chi connectivity index (χ2v) is 12.4. The van der Waals surface area contributed by atoms with Gasteiger partial charge in [0.15, 0.2) is 10.9 Å². The summed E-state index contributed by atoms with van der Waals surface area (Å²) in [6.07, 6.45) is 11.3. The summed E-state index contributed by atoms with van der Waals surface area (Å²) in [5.41, 5.74) is 9.97. The summed E-state index contributed by atoms with van der Waals surface area (Å²) in [6.45, 7) is 4.64. The fraction of sp³-hybridized carbons (Fsp3) is 0.500. The van der Waals surface area contributed by atoms with Gasteiger partial charge in [0.25, 0.3) is 0 Å². The molecule has 2 aromatic carbocycles. The van der Waals surface area contributed by atoms with Gasteiger partial charge in [0.05, 0.1) is 5.69 Å². The summed E-state index contributed by atoms with van der Waals surface area (Å²) in [5, 5.41) is 10.5. The van der Waals surface area contributed by atoms with Crippen molar-refractivity contribution in [1.29, 1.82) is 0 Å². The van der Waals surface area contributed by atoms with E-state index in [0.717, 1.165) is 40.6 Å². The molecule has 3 aromatic rings. The molecule has 1 aromatic heterocycles. The molecule has 1 fully saturated rings. The Labute approximate surface area is 231 Å². The third-order valence-corrected chi connectivity index (χ3v) is 9.56. The first-order valence-electron chi connectivity index (χ1n) is 14.4. The number of carbonyl (C=O) groups is 1. The number of hydrogen-bond acceptors (Lipinski definition) is 6. The smallest absolute Gasteiger partial charge is 0.180 e. The van der Waals surface area contributed by atoms with E-state index in [4.69, 9.17) is 5.73 Å². The predicted octanol–water partition coefficient (Wildman–Crippen LogP) is 7.14. The normalized spacial score (nSPS) is 21.4. The van der Waals surface area contributed by atoms with Crippen molar-refractivity contribution in [3.8, 4) is 16.9 Å². The van der Waals surface area contributed by atoms with Crippen LogP contribution in [0.3, 0.4) is 0 Å². The first kappa shape index (κ1) is 26.9. The van der Waals surface area contributed by atoms with Gasteiger partial charge in [-0.25, -0.2) is 4.98 Å². The number of nitrogens with zero attached hydrogens (tertiary/aromatic N) is 2. The monoisotopic (exact) mass is 531 g/mol. The SMILES string of the molecule is CCCN(CCC1CCC(CC(=O)c2ccc(-c3cccc(O)c3)cc2)CC1)[C@H]1CCc2nc(N)sc2C1. The molecule has 0 radical (unpaired) electrons. The Bertz CT molecular complexity index is 1210. The Balaban J connectivity index is 1.07. The maximum atomic E-state index is 13.0. The maximum absolute atomic E-state index is 13.0. The molecule has 0 unspecified atom stereocenters. The summed E-state index contributed by atoms with van der Waals surface area (Å²) in [6, 6.07) is 15.7. The van der Waals surface area contributed by atoms with Crippen LogP contribution in [0.25, 0.3) is 11.1 Å². The van der Waals surface area contributed by atoms with Gasteiger partial charge in [-0.05, 0) is 93.1 Å². The number of aryl methyl sites for hydroxylation is 1. The van der Waals surface area contributed by atoms with Crippen LogP contribution in [-0.4, -0.2) is 39.9 Å². The number of phenolic OH excluding ortho intramolecular Hbond substituents is 1. The van der Waals surface area contributed by atoms with Crippen LogP contribution in [0.15, 0.2) is 48.5 Å². The van der Waals surface area contributed by atoms with Crippen LogP contribution in [-0.2, 0) is 12.8 Å². The zero-order valence-electron chi connectivity index (χ0n) is 22.6. The Morgan fingerprint density at radius 3 is 2.53 bits per heavy atom. The van der Waals surface area contributed by atoms with Crippen LogP contribution in [0.2, 0.25) is 0 Å². The zero-order valence-corrected chi connectivity index (χ0v) is 23.4. The Morgan fingerprint density at radius 2 is 1.79 bits per heavy atom. The van der Waals surface area contributed by atoms with Gasteiger partial charge in [-0.15, -0.1) is 11.3 Å². The number of phenols is 1. The quantitative estimate of drug-likeness (QED) is 0.272. The van der Waals surface area contributed by atoms with Gasteiger partial charge in [0.1, 0.15) is 5.75 Å². The number of benzene rings is 2. The highest BCUT2D eigenvalue weighted by Crippen LogP contribution is 2.35. The third-order valence-electron chi connectivity index (χ3n) is 8.61. The molecule has 0 amide bonds. The molecular formula is C32H41N3O2S. The van der Waals surface area contributed by atoms with E-state index in [1.54, 1.807) is 23.5 Å². The molecular weight excluding hydrogens is 490 g/mol. The minimum Gasteiger partial charge on any atom is -0.508 e. The van der Waals surface area contributed by atoms with E-state index < -0.39 is 0 Å². The van der Waals surface area contributed by atoms with Crippen LogP contribution in [0.5, 0.6) is 5.75 Å². The largest absolute Gasteiger partial charge is 0.508 e. The minimum atomic E-state index is 0.255. The van der Waals surface area contributed by atoms with Crippen LogP contribution in [0, 0.1) is 11.8 Å². The van der Waals surface area contributed by atoms with E-state index in [-0.39, 0.29) is 11.5 Å². The molecule has 1 atom stereocenters.